The van der Waals surface area contributed by atoms with E-state index in [4.69, 9.17) is 11.6 Å². The summed E-state index contributed by atoms with van der Waals surface area (Å²) < 4.78 is 0. The van der Waals surface area contributed by atoms with Crippen LogP contribution in [0.2, 0.25) is 5.02 Å². The van der Waals surface area contributed by atoms with Crippen molar-refractivity contribution >= 4 is 17.4 Å². The zero-order chi connectivity index (χ0) is 13.2. The van der Waals surface area contributed by atoms with E-state index in [1.165, 1.54) is 0 Å². The van der Waals surface area contributed by atoms with Crippen LogP contribution in [0, 0.1) is 0 Å². The second-order valence-electron chi connectivity index (χ2n) is 5.18. The molecule has 1 atom stereocenters. The van der Waals surface area contributed by atoms with Crippen LogP contribution < -0.4 is 0 Å². The van der Waals surface area contributed by atoms with Crippen LogP contribution in [0.3, 0.4) is 0 Å². The molecule has 1 fully saturated rings. The molecule has 1 aromatic carbocycles. The van der Waals surface area contributed by atoms with Crippen molar-refractivity contribution in [1.29, 1.82) is 0 Å². The second-order valence-corrected chi connectivity index (χ2v) is 5.58. The van der Waals surface area contributed by atoms with Crippen LogP contribution in [0.4, 0.5) is 0 Å². The Morgan fingerprint density at radius 1 is 1.50 bits per heavy atom. The Hall–Kier alpha value is -0.900. The van der Waals surface area contributed by atoms with Gasteiger partial charge >= 0.3 is 0 Å². The smallest absolute Gasteiger partial charge is 0.165 e. The number of carbonyl (C=O) groups is 1. The van der Waals surface area contributed by atoms with Crippen molar-refractivity contribution in [3.05, 3.63) is 34.9 Å². The summed E-state index contributed by atoms with van der Waals surface area (Å²) in [5.74, 6) is 0.0622. The summed E-state index contributed by atoms with van der Waals surface area (Å²) in [6.07, 6.45) is 1.22. The molecule has 1 aliphatic rings. The predicted octanol–water partition coefficient (Wildman–Crippen LogP) is 2.37. The minimum absolute atomic E-state index is 0.0622. The van der Waals surface area contributed by atoms with Gasteiger partial charge in [-0.15, -0.1) is 0 Å². The molecule has 2 rings (SSSR count). The van der Waals surface area contributed by atoms with Gasteiger partial charge in [0, 0.05) is 31.6 Å². The highest BCUT2D eigenvalue weighted by Gasteiger charge is 2.31. The van der Waals surface area contributed by atoms with Crippen molar-refractivity contribution in [2.75, 3.05) is 19.6 Å². The van der Waals surface area contributed by atoms with E-state index >= 15 is 0 Å². The molecule has 0 amide bonds. The summed E-state index contributed by atoms with van der Waals surface area (Å²) in [6, 6.07) is 7.12. The molecule has 1 N–H and O–H groups in total. The maximum absolute atomic E-state index is 12.0. The molecular weight excluding hydrogens is 250 g/mol. The average molecular weight is 268 g/mol. The number of ketones is 1. The normalized spacial score (nSPS) is 24.4. The van der Waals surface area contributed by atoms with Crippen molar-refractivity contribution in [3.8, 4) is 0 Å². The number of carbonyl (C=O) groups excluding carboxylic acids is 1. The number of halogens is 1. The van der Waals surface area contributed by atoms with Gasteiger partial charge in [0.25, 0.3) is 0 Å². The predicted molar refractivity (Wildman–Crippen MR) is 72.1 cm³/mol. The molecule has 98 valence electrons. The van der Waals surface area contributed by atoms with Crippen molar-refractivity contribution in [2.24, 2.45) is 0 Å². The number of benzene rings is 1. The molecule has 1 saturated heterocycles. The average Bonchev–Trinajstić information content (AvgIpc) is 2.66. The summed E-state index contributed by atoms with van der Waals surface area (Å²) in [4.78, 5) is 14.1. The SMILES string of the molecule is CC1(O)CCN(CCC(=O)c2ccccc2Cl)C1. The van der Waals surface area contributed by atoms with E-state index in [9.17, 15) is 9.90 Å². The quantitative estimate of drug-likeness (QED) is 0.852. The molecule has 0 bridgehead atoms. The molecule has 3 nitrogen and oxygen atoms in total. The first-order chi connectivity index (χ1) is 8.48. The van der Waals surface area contributed by atoms with Gasteiger partial charge in [0.15, 0.2) is 5.78 Å². The topological polar surface area (TPSA) is 40.5 Å². The lowest BCUT2D eigenvalue weighted by atomic mass is 10.1. The van der Waals surface area contributed by atoms with Crippen LogP contribution in [0.1, 0.15) is 30.1 Å². The molecule has 1 aromatic rings. The van der Waals surface area contributed by atoms with Crippen LogP contribution >= 0.6 is 11.6 Å². The fourth-order valence-corrected chi connectivity index (χ4v) is 2.55. The number of β-amino-alcohol motifs (C(OH)–C–C–N with tert-alkyl or cyclic N) is 1. The Kier molecular flexibility index (Phi) is 4.05. The lowest BCUT2D eigenvalue weighted by Gasteiger charge is -2.18. The number of hydrogen-bond acceptors (Lipinski definition) is 3. The Balaban J connectivity index is 1.88. The van der Waals surface area contributed by atoms with Crippen LogP contribution in [-0.2, 0) is 0 Å². The van der Waals surface area contributed by atoms with Gasteiger partial charge in [-0.3, -0.25) is 9.69 Å². The standard InChI is InChI=1S/C14H18ClNO2/c1-14(18)7-9-16(10-14)8-6-13(17)11-4-2-3-5-12(11)15/h2-5,18H,6-10H2,1H3. The molecule has 0 aliphatic carbocycles. The lowest BCUT2D eigenvalue weighted by molar-refractivity contribution is 0.0677. The molecule has 1 unspecified atom stereocenters. The largest absolute Gasteiger partial charge is 0.389 e. The zero-order valence-corrected chi connectivity index (χ0v) is 11.3. The summed E-state index contributed by atoms with van der Waals surface area (Å²) in [6.45, 7) is 4.01. The fourth-order valence-electron chi connectivity index (χ4n) is 2.31. The minimum atomic E-state index is -0.604. The van der Waals surface area contributed by atoms with E-state index in [2.05, 4.69) is 4.90 Å². The summed E-state index contributed by atoms with van der Waals surface area (Å²) in [7, 11) is 0. The highest BCUT2D eigenvalue weighted by atomic mass is 35.5. The first-order valence-electron chi connectivity index (χ1n) is 6.20. The molecular formula is C14H18ClNO2. The van der Waals surface area contributed by atoms with Crippen LogP contribution in [0.25, 0.3) is 0 Å². The first-order valence-corrected chi connectivity index (χ1v) is 6.58. The maximum atomic E-state index is 12.0. The molecule has 0 spiro atoms. The van der Waals surface area contributed by atoms with Crippen LogP contribution in [0.15, 0.2) is 24.3 Å². The van der Waals surface area contributed by atoms with Gasteiger partial charge in [-0.2, -0.15) is 0 Å². The minimum Gasteiger partial charge on any atom is -0.389 e. The number of aliphatic hydroxyl groups is 1. The monoisotopic (exact) mass is 267 g/mol. The first kappa shape index (κ1) is 13.5. The number of hydrogen-bond donors (Lipinski definition) is 1. The van der Waals surface area contributed by atoms with E-state index in [0.717, 1.165) is 13.0 Å². The third kappa shape index (κ3) is 3.31. The summed E-state index contributed by atoms with van der Waals surface area (Å²) in [5.41, 5.74) is -0.0157. The number of Topliss-reactive ketones (excluding diaryl/α,β-unsaturated/α-hetero) is 1. The Morgan fingerprint density at radius 2 is 2.22 bits per heavy atom. The highest BCUT2D eigenvalue weighted by Crippen LogP contribution is 2.21. The third-order valence-corrected chi connectivity index (χ3v) is 3.69. The zero-order valence-electron chi connectivity index (χ0n) is 10.5. The van der Waals surface area contributed by atoms with Crippen LogP contribution in [0.5, 0.6) is 0 Å². The van der Waals surface area contributed by atoms with Crippen LogP contribution in [-0.4, -0.2) is 41.0 Å². The van der Waals surface area contributed by atoms with Gasteiger partial charge in [0.1, 0.15) is 0 Å². The van der Waals surface area contributed by atoms with Gasteiger partial charge in [-0.25, -0.2) is 0 Å². The van der Waals surface area contributed by atoms with Gasteiger partial charge in [-0.05, 0) is 25.5 Å². The molecule has 18 heavy (non-hydrogen) atoms. The Morgan fingerprint density at radius 3 is 2.83 bits per heavy atom. The molecule has 4 heteroatoms. The van der Waals surface area contributed by atoms with E-state index < -0.39 is 5.60 Å². The fraction of sp³-hybridized carbons (Fsp3) is 0.500. The van der Waals surface area contributed by atoms with Crippen molar-refractivity contribution < 1.29 is 9.90 Å². The summed E-state index contributed by atoms with van der Waals surface area (Å²) >= 11 is 5.99. The third-order valence-electron chi connectivity index (χ3n) is 3.36. The van der Waals surface area contributed by atoms with Crippen molar-refractivity contribution in [3.63, 3.8) is 0 Å². The molecule has 1 heterocycles. The van der Waals surface area contributed by atoms with Crippen molar-refractivity contribution in [1.82, 2.24) is 4.90 Å². The maximum Gasteiger partial charge on any atom is 0.165 e. The van der Waals surface area contributed by atoms with E-state index in [0.29, 0.717) is 30.1 Å². The molecule has 1 aliphatic heterocycles. The van der Waals surface area contributed by atoms with E-state index in [1.807, 2.05) is 19.1 Å². The number of nitrogens with zero attached hydrogens (tertiary/aromatic N) is 1. The number of rotatable bonds is 4. The second kappa shape index (κ2) is 5.39. The van der Waals surface area contributed by atoms with Crippen molar-refractivity contribution in [2.45, 2.75) is 25.4 Å². The highest BCUT2D eigenvalue weighted by molar-refractivity contribution is 6.33. The molecule has 0 saturated carbocycles. The summed E-state index contributed by atoms with van der Waals surface area (Å²) in [5, 5.41) is 10.4. The number of likely N-dealkylation sites (tertiary alicyclic amines) is 1. The van der Waals surface area contributed by atoms with E-state index in [1.54, 1.807) is 12.1 Å². The Labute approximate surface area is 112 Å². The van der Waals surface area contributed by atoms with E-state index in [-0.39, 0.29) is 5.78 Å². The van der Waals surface area contributed by atoms with Gasteiger partial charge in [0.05, 0.1) is 10.6 Å². The lowest BCUT2D eigenvalue weighted by Crippen LogP contribution is -2.31. The molecule has 0 aromatic heterocycles. The Bertz CT molecular complexity index is 445. The van der Waals surface area contributed by atoms with Gasteiger partial charge < -0.3 is 5.11 Å². The van der Waals surface area contributed by atoms with Gasteiger partial charge in [0.2, 0.25) is 0 Å². The molecule has 0 radical (unpaired) electrons. The van der Waals surface area contributed by atoms with Gasteiger partial charge in [-0.1, -0.05) is 23.7 Å².